The van der Waals surface area contributed by atoms with Crippen LogP contribution in [-0.4, -0.2) is 24.9 Å². The van der Waals surface area contributed by atoms with Gasteiger partial charge in [0.15, 0.2) is 0 Å². The second kappa shape index (κ2) is 7.43. The molecule has 22 heavy (non-hydrogen) atoms. The topological polar surface area (TPSA) is 49.4 Å². The minimum absolute atomic E-state index is 0.00324. The van der Waals surface area contributed by atoms with Crippen LogP contribution in [0.25, 0.3) is 0 Å². The smallest absolute Gasteiger partial charge is 0.225 e. The number of carbonyl (C=O) groups excluding carboxylic acids is 2. The van der Waals surface area contributed by atoms with Crippen molar-refractivity contribution in [3.05, 3.63) is 29.3 Å². The molecular weight excluding hydrogens is 276 g/mol. The summed E-state index contributed by atoms with van der Waals surface area (Å²) < 4.78 is 0. The molecule has 1 aromatic carbocycles. The van der Waals surface area contributed by atoms with Gasteiger partial charge in [0.2, 0.25) is 11.8 Å². The maximum atomic E-state index is 12.1. The van der Waals surface area contributed by atoms with Gasteiger partial charge in [0, 0.05) is 31.1 Å². The molecule has 2 amide bonds. The first-order valence-corrected chi connectivity index (χ1v) is 7.83. The summed E-state index contributed by atoms with van der Waals surface area (Å²) in [6.07, 6.45) is 0.870. The third-order valence-electron chi connectivity index (χ3n) is 3.65. The first-order chi connectivity index (χ1) is 10.2. The number of para-hydroxylation sites is 1. The van der Waals surface area contributed by atoms with Crippen molar-refractivity contribution in [3.63, 3.8) is 0 Å². The third-order valence-corrected chi connectivity index (χ3v) is 3.65. The van der Waals surface area contributed by atoms with E-state index in [1.165, 1.54) is 0 Å². The van der Waals surface area contributed by atoms with Crippen LogP contribution in [0.15, 0.2) is 18.2 Å². The van der Waals surface area contributed by atoms with Gasteiger partial charge in [-0.05, 0) is 24.5 Å². The normalized spacial score (nSPS) is 11.2. The minimum Gasteiger partial charge on any atom is -0.354 e. The summed E-state index contributed by atoms with van der Waals surface area (Å²) in [6.45, 7) is 12.2. The van der Waals surface area contributed by atoms with Crippen LogP contribution in [0.5, 0.6) is 0 Å². The van der Waals surface area contributed by atoms with E-state index in [0.29, 0.717) is 13.1 Å². The molecule has 0 bridgehead atoms. The number of hydrogen-bond acceptors (Lipinski definition) is 2. The molecule has 1 aromatic rings. The summed E-state index contributed by atoms with van der Waals surface area (Å²) in [7, 11) is 0. The standard InChI is InChI=1S/C18H28N2O2/c1-7-15-10-8-9-13(2)16(15)20(14(3)21)12-11-19-17(22)18(4,5)6/h8-10H,7,11-12H2,1-6H3,(H,19,22). The number of nitrogens with one attached hydrogen (secondary N) is 1. The van der Waals surface area contributed by atoms with Crippen LogP contribution >= 0.6 is 0 Å². The Kier molecular flexibility index (Phi) is 6.15. The number of hydrogen-bond donors (Lipinski definition) is 1. The van der Waals surface area contributed by atoms with Gasteiger partial charge in [-0.3, -0.25) is 9.59 Å². The molecule has 1 rings (SSSR count). The molecule has 0 saturated carbocycles. The Morgan fingerprint density at radius 1 is 1.23 bits per heavy atom. The van der Waals surface area contributed by atoms with Crippen molar-refractivity contribution in [2.45, 2.75) is 48.0 Å². The van der Waals surface area contributed by atoms with Crippen molar-refractivity contribution in [3.8, 4) is 0 Å². The average molecular weight is 304 g/mol. The van der Waals surface area contributed by atoms with E-state index in [2.05, 4.69) is 12.2 Å². The number of carbonyl (C=O) groups is 2. The van der Waals surface area contributed by atoms with Crippen LogP contribution in [-0.2, 0) is 16.0 Å². The van der Waals surface area contributed by atoms with Crippen molar-refractivity contribution in [1.29, 1.82) is 0 Å². The van der Waals surface area contributed by atoms with Crippen LogP contribution in [0.4, 0.5) is 5.69 Å². The molecule has 4 heteroatoms. The van der Waals surface area contributed by atoms with Crippen LogP contribution in [0.2, 0.25) is 0 Å². The summed E-state index contributed by atoms with van der Waals surface area (Å²) in [5.74, 6) is -0.00879. The van der Waals surface area contributed by atoms with Crippen LogP contribution in [0.3, 0.4) is 0 Å². The van der Waals surface area contributed by atoms with Crippen molar-refractivity contribution in [2.75, 3.05) is 18.0 Å². The van der Waals surface area contributed by atoms with E-state index < -0.39 is 5.41 Å². The highest BCUT2D eigenvalue weighted by molar-refractivity contribution is 5.93. The van der Waals surface area contributed by atoms with Gasteiger partial charge < -0.3 is 10.2 Å². The van der Waals surface area contributed by atoms with E-state index in [4.69, 9.17) is 0 Å². The average Bonchev–Trinajstić information content (AvgIpc) is 2.42. The van der Waals surface area contributed by atoms with Gasteiger partial charge in [-0.1, -0.05) is 45.9 Å². The molecule has 0 spiro atoms. The molecule has 0 atom stereocenters. The fourth-order valence-electron chi connectivity index (χ4n) is 2.36. The summed E-state index contributed by atoms with van der Waals surface area (Å²) >= 11 is 0. The van der Waals surface area contributed by atoms with E-state index in [0.717, 1.165) is 23.2 Å². The number of aryl methyl sites for hydroxylation is 2. The van der Waals surface area contributed by atoms with E-state index in [1.807, 2.05) is 45.9 Å². The fourth-order valence-corrected chi connectivity index (χ4v) is 2.36. The molecular formula is C18H28N2O2. The number of nitrogens with zero attached hydrogens (tertiary/aromatic N) is 1. The second-order valence-electron chi connectivity index (χ2n) is 6.61. The van der Waals surface area contributed by atoms with Gasteiger partial charge in [0.1, 0.15) is 0 Å². The Balaban J connectivity index is 2.89. The molecule has 0 aliphatic heterocycles. The van der Waals surface area contributed by atoms with Crippen molar-refractivity contribution >= 4 is 17.5 Å². The van der Waals surface area contributed by atoms with E-state index >= 15 is 0 Å². The lowest BCUT2D eigenvalue weighted by molar-refractivity contribution is -0.128. The summed E-state index contributed by atoms with van der Waals surface area (Å²) in [6, 6.07) is 6.07. The van der Waals surface area contributed by atoms with Crippen LogP contribution in [0, 0.1) is 12.3 Å². The summed E-state index contributed by atoms with van der Waals surface area (Å²) in [5.41, 5.74) is 2.79. The summed E-state index contributed by atoms with van der Waals surface area (Å²) in [5, 5.41) is 2.90. The number of anilines is 1. The number of benzene rings is 1. The molecule has 0 saturated heterocycles. The van der Waals surface area contributed by atoms with Crippen molar-refractivity contribution < 1.29 is 9.59 Å². The quantitative estimate of drug-likeness (QED) is 0.909. The van der Waals surface area contributed by atoms with Gasteiger partial charge in [-0.15, -0.1) is 0 Å². The zero-order chi connectivity index (χ0) is 16.9. The Morgan fingerprint density at radius 2 is 1.86 bits per heavy atom. The highest BCUT2D eigenvalue weighted by atomic mass is 16.2. The molecule has 0 aliphatic rings. The largest absolute Gasteiger partial charge is 0.354 e. The molecule has 0 aliphatic carbocycles. The molecule has 0 aromatic heterocycles. The lowest BCUT2D eigenvalue weighted by Crippen LogP contribution is -2.41. The Labute approximate surface area is 133 Å². The molecule has 0 heterocycles. The van der Waals surface area contributed by atoms with Gasteiger partial charge >= 0.3 is 0 Å². The van der Waals surface area contributed by atoms with Crippen LogP contribution < -0.4 is 10.2 Å². The lowest BCUT2D eigenvalue weighted by Gasteiger charge is -2.26. The van der Waals surface area contributed by atoms with Gasteiger partial charge in [0.25, 0.3) is 0 Å². The predicted molar refractivity (Wildman–Crippen MR) is 91.0 cm³/mol. The maximum absolute atomic E-state index is 12.1. The highest BCUT2D eigenvalue weighted by Gasteiger charge is 2.22. The van der Waals surface area contributed by atoms with Gasteiger partial charge in [-0.2, -0.15) is 0 Å². The second-order valence-corrected chi connectivity index (χ2v) is 6.61. The molecule has 0 fully saturated rings. The molecule has 122 valence electrons. The van der Waals surface area contributed by atoms with E-state index in [9.17, 15) is 9.59 Å². The lowest BCUT2D eigenvalue weighted by atomic mass is 9.96. The van der Waals surface area contributed by atoms with Crippen LogP contribution in [0.1, 0.15) is 45.7 Å². The highest BCUT2D eigenvalue weighted by Crippen LogP contribution is 2.25. The summed E-state index contributed by atoms with van der Waals surface area (Å²) in [4.78, 5) is 25.7. The fraction of sp³-hybridized carbons (Fsp3) is 0.556. The zero-order valence-electron chi connectivity index (χ0n) is 14.6. The maximum Gasteiger partial charge on any atom is 0.225 e. The molecule has 1 N–H and O–H groups in total. The van der Waals surface area contributed by atoms with Gasteiger partial charge in [-0.25, -0.2) is 0 Å². The zero-order valence-corrected chi connectivity index (χ0v) is 14.6. The Morgan fingerprint density at radius 3 is 2.36 bits per heavy atom. The SMILES string of the molecule is CCc1cccc(C)c1N(CCNC(=O)C(C)(C)C)C(C)=O. The van der Waals surface area contributed by atoms with E-state index in [1.54, 1.807) is 11.8 Å². The monoisotopic (exact) mass is 304 g/mol. The molecule has 0 radical (unpaired) electrons. The molecule has 0 unspecified atom stereocenters. The van der Waals surface area contributed by atoms with Gasteiger partial charge in [0.05, 0.1) is 0 Å². The van der Waals surface area contributed by atoms with Crippen molar-refractivity contribution in [1.82, 2.24) is 5.32 Å². The van der Waals surface area contributed by atoms with Crippen molar-refractivity contribution in [2.24, 2.45) is 5.41 Å². The number of amides is 2. The first kappa shape index (κ1) is 18.2. The Bertz CT molecular complexity index is 545. The first-order valence-electron chi connectivity index (χ1n) is 7.83. The third kappa shape index (κ3) is 4.58. The number of rotatable bonds is 5. The van der Waals surface area contributed by atoms with E-state index in [-0.39, 0.29) is 11.8 Å². The predicted octanol–water partition coefficient (Wildman–Crippen LogP) is 3.07. The molecule has 4 nitrogen and oxygen atoms in total. The Hall–Kier alpha value is -1.84. The minimum atomic E-state index is -0.418.